The smallest absolute Gasteiger partial charge is 0.274 e. The van der Waals surface area contributed by atoms with E-state index in [0.29, 0.717) is 12.2 Å². The Kier molecular flexibility index (Phi) is 4.42. The van der Waals surface area contributed by atoms with Crippen LogP contribution in [0.1, 0.15) is 34.8 Å². The minimum atomic E-state index is -0.147. The number of carbonyl (C=O) groups is 1. The van der Waals surface area contributed by atoms with Crippen LogP contribution in [0, 0.1) is 0 Å². The summed E-state index contributed by atoms with van der Waals surface area (Å²) >= 11 is 0. The first-order valence-electron chi connectivity index (χ1n) is 8.75. The molecule has 3 heterocycles. The number of amides is 1. The Bertz CT molecular complexity index is 1070. The Balaban J connectivity index is 1.51. The van der Waals surface area contributed by atoms with E-state index < -0.39 is 0 Å². The molecular formula is C20H20N6O. The molecule has 0 radical (unpaired) electrons. The molecule has 1 amide bonds. The van der Waals surface area contributed by atoms with Gasteiger partial charge in [0.15, 0.2) is 0 Å². The normalized spacial score (nSPS) is 12.2. The molecule has 0 fully saturated rings. The first-order chi connectivity index (χ1) is 13.1. The van der Waals surface area contributed by atoms with E-state index in [4.69, 9.17) is 0 Å². The monoisotopic (exact) mass is 360 g/mol. The van der Waals surface area contributed by atoms with Gasteiger partial charge < -0.3 is 9.47 Å². The Labute approximate surface area is 156 Å². The summed E-state index contributed by atoms with van der Waals surface area (Å²) in [5.41, 5.74) is 4.06. The number of carbonyl (C=O) groups excluding carboxylic acids is 1. The van der Waals surface area contributed by atoms with Crippen molar-refractivity contribution in [3.63, 3.8) is 0 Å². The van der Waals surface area contributed by atoms with Crippen LogP contribution in [-0.2, 0) is 6.54 Å². The van der Waals surface area contributed by atoms with Gasteiger partial charge >= 0.3 is 0 Å². The van der Waals surface area contributed by atoms with E-state index in [1.54, 1.807) is 30.5 Å². The van der Waals surface area contributed by atoms with E-state index in [2.05, 4.69) is 20.2 Å². The molecule has 1 N–H and O–H groups in total. The molecule has 4 rings (SSSR count). The third kappa shape index (κ3) is 3.31. The zero-order valence-corrected chi connectivity index (χ0v) is 15.2. The molecule has 0 aliphatic rings. The van der Waals surface area contributed by atoms with Gasteiger partial charge in [-0.1, -0.05) is 18.2 Å². The largest absolute Gasteiger partial charge is 0.332 e. The van der Waals surface area contributed by atoms with E-state index >= 15 is 0 Å². The second-order valence-corrected chi connectivity index (χ2v) is 6.49. The van der Waals surface area contributed by atoms with Crippen LogP contribution in [0.3, 0.4) is 0 Å². The zero-order valence-electron chi connectivity index (χ0n) is 15.2. The summed E-state index contributed by atoms with van der Waals surface area (Å²) in [5, 5.41) is 7.16. The fraction of sp³-hybridized carbons (Fsp3) is 0.200. The van der Waals surface area contributed by atoms with Crippen LogP contribution >= 0.6 is 0 Å². The fourth-order valence-electron chi connectivity index (χ4n) is 3.05. The van der Waals surface area contributed by atoms with Crippen molar-refractivity contribution < 1.29 is 4.79 Å². The highest BCUT2D eigenvalue weighted by Crippen LogP contribution is 2.19. The molecule has 1 atom stereocenters. The highest BCUT2D eigenvalue weighted by molar-refractivity contribution is 5.92. The van der Waals surface area contributed by atoms with Crippen molar-refractivity contribution in [2.45, 2.75) is 19.5 Å². The molecule has 1 unspecified atom stereocenters. The number of hydrogen-bond acceptors (Lipinski definition) is 4. The lowest BCUT2D eigenvalue weighted by atomic mass is 10.2. The number of para-hydroxylation sites is 2. The highest BCUT2D eigenvalue weighted by Gasteiger charge is 2.22. The fourth-order valence-corrected chi connectivity index (χ4v) is 3.05. The predicted molar refractivity (Wildman–Crippen MR) is 102 cm³/mol. The molecule has 136 valence electrons. The Hall–Kier alpha value is -3.48. The number of nitrogens with one attached hydrogen (secondary N) is 1. The third-order valence-electron chi connectivity index (χ3n) is 4.74. The van der Waals surface area contributed by atoms with Crippen molar-refractivity contribution in [3.8, 4) is 0 Å². The standard InChI is InChI=1S/C20H20N6O/c1-14(16-7-5-6-10-21-16)25(2)20(27)18-11-15(23-24-18)12-26-13-22-17-8-3-4-9-19(17)26/h3-11,13-14H,12H2,1-2H3,(H,23,24). The van der Waals surface area contributed by atoms with Crippen molar-refractivity contribution in [1.29, 1.82) is 0 Å². The summed E-state index contributed by atoms with van der Waals surface area (Å²) < 4.78 is 2.03. The number of rotatable bonds is 5. The van der Waals surface area contributed by atoms with E-state index in [0.717, 1.165) is 22.4 Å². The molecule has 7 heteroatoms. The summed E-state index contributed by atoms with van der Waals surface area (Å²) in [5.74, 6) is -0.147. The maximum absolute atomic E-state index is 12.8. The molecule has 4 aromatic rings. The number of benzene rings is 1. The molecule has 0 aliphatic heterocycles. The minimum Gasteiger partial charge on any atom is -0.332 e. The maximum atomic E-state index is 12.8. The highest BCUT2D eigenvalue weighted by atomic mass is 16.2. The van der Waals surface area contributed by atoms with Gasteiger partial charge in [0.05, 0.1) is 41.3 Å². The van der Waals surface area contributed by atoms with Gasteiger partial charge in [0.1, 0.15) is 5.69 Å². The van der Waals surface area contributed by atoms with Crippen LogP contribution in [0.4, 0.5) is 0 Å². The van der Waals surface area contributed by atoms with E-state index in [9.17, 15) is 4.79 Å². The third-order valence-corrected chi connectivity index (χ3v) is 4.74. The van der Waals surface area contributed by atoms with Gasteiger partial charge in [0.25, 0.3) is 5.91 Å². The van der Waals surface area contributed by atoms with Gasteiger partial charge in [0.2, 0.25) is 0 Å². The van der Waals surface area contributed by atoms with Gasteiger partial charge in [-0.05, 0) is 37.3 Å². The number of hydrogen-bond donors (Lipinski definition) is 1. The molecule has 0 bridgehead atoms. The summed E-state index contributed by atoms with van der Waals surface area (Å²) in [4.78, 5) is 23.1. The maximum Gasteiger partial charge on any atom is 0.274 e. The van der Waals surface area contributed by atoms with E-state index in [-0.39, 0.29) is 11.9 Å². The lowest BCUT2D eigenvalue weighted by Crippen LogP contribution is -2.30. The lowest BCUT2D eigenvalue weighted by molar-refractivity contribution is 0.0734. The van der Waals surface area contributed by atoms with Gasteiger partial charge in [-0.2, -0.15) is 5.10 Å². The van der Waals surface area contributed by atoms with Crippen molar-refractivity contribution in [2.75, 3.05) is 7.05 Å². The van der Waals surface area contributed by atoms with Gasteiger partial charge in [-0.25, -0.2) is 4.98 Å². The Morgan fingerprint density at radius 2 is 2.00 bits per heavy atom. The number of pyridine rings is 1. The topological polar surface area (TPSA) is 79.7 Å². The number of fused-ring (bicyclic) bond motifs is 1. The molecular weight excluding hydrogens is 340 g/mol. The molecule has 0 aliphatic carbocycles. The SMILES string of the molecule is CC(c1ccccn1)N(C)C(=O)c1cc(Cn2cnc3ccccc32)[nH]n1. The number of imidazole rings is 1. The lowest BCUT2D eigenvalue weighted by Gasteiger charge is -2.23. The minimum absolute atomic E-state index is 0.142. The van der Waals surface area contributed by atoms with Crippen LogP contribution in [0.5, 0.6) is 0 Å². The van der Waals surface area contributed by atoms with E-state index in [1.807, 2.05) is 54.0 Å². The summed E-state index contributed by atoms with van der Waals surface area (Å²) in [6.07, 6.45) is 3.52. The van der Waals surface area contributed by atoms with Crippen molar-refractivity contribution in [2.24, 2.45) is 0 Å². The number of H-pyrrole nitrogens is 1. The van der Waals surface area contributed by atoms with Gasteiger partial charge in [-0.15, -0.1) is 0 Å². The van der Waals surface area contributed by atoms with Crippen molar-refractivity contribution in [1.82, 2.24) is 29.6 Å². The van der Waals surface area contributed by atoms with Gasteiger partial charge in [-0.3, -0.25) is 14.9 Å². The Morgan fingerprint density at radius 1 is 1.19 bits per heavy atom. The summed E-state index contributed by atoms with van der Waals surface area (Å²) in [7, 11) is 1.76. The van der Waals surface area contributed by atoms with Crippen LogP contribution in [0.15, 0.2) is 61.1 Å². The number of aromatic nitrogens is 5. The molecule has 0 saturated heterocycles. The van der Waals surface area contributed by atoms with Crippen molar-refractivity contribution >= 4 is 16.9 Å². The predicted octanol–water partition coefficient (Wildman–Crippen LogP) is 3.04. The molecule has 27 heavy (non-hydrogen) atoms. The Morgan fingerprint density at radius 3 is 2.81 bits per heavy atom. The molecule has 3 aromatic heterocycles. The molecule has 0 spiro atoms. The van der Waals surface area contributed by atoms with Gasteiger partial charge in [0, 0.05) is 13.2 Å². The van der Waals surface area contributed by atoms with Crippen LogP contribution in [-0.4, -0.2) is 42.6 Å². The van der Waals surface area contributed by atoms with Crippen molar-refractivity contribution in [3.05, 3.63) is 78.1 Å². The summed E-state index contributed by atoms with van der Waals surface area (Å²) in [6, 6.07) is 15.3. The average Bonchev–Trinajstić information content (AvgIpc) is 3.35. The molecule has 0 saturated carbocycles. The zero-order chi connectivity index (χ0) is 18.8. The molecule has 7 nitrogen and oxygen atoms in total. The van der Waals surface area contributed by atoms with Crippen LogP contribution in [0.25, 0.3) is 11.0 Å². The first-order valence-corrected chi connectivity index (χ1v) is 8.75. The van der Waals surface area contributed by atoms with Crippen LogP contribution in [0.2, 0.25) is 0 Å². The number of aromatic amines is 1. The molecule has 1 aromatic carbocycles. The van der Waals surface area contributed by atoms with Crippen LogP contribution < -0.4 is 0 Å². The number of nitrogens with zero attached hydrogens (tertiary/aromatic N) is 5. The van der Waals surface area contributed by atoms with E-state index in [1.165, 1.54) is 0 Å². The second-order valence-electron chi connectivity index (χ2n) is 6.49. The average molecular weight is 360 g/mol. The summed E-state index contributed by atoms with van der Waals surface area (Å²) in [6.45, 7) is 2.52. The first kappa shape index (κ1) is 17.0. The quantitative estimate of drug-likeness (QED) is 0.593. The second kappa shape index (κ2) is 7.03.